The van der Waals surface area contributed by atoms with Gasteiger partial charge in [-0.05, 0) is 36.1 Å². The molecule has 1 aliphatic rings. The third-order valence-electron chi connectivity index (χ3n) is 4.71. The average Bonchev–Trinajstić information content (AvgIpc) is 3.23. The van der Waals surface area contributed by atoms with Crippen LogP contribution in [0.2, 0.25) is 0 Å². The van der Waals surface area contributed by atoms with Gasteiger partial charge in [-0.2, -0.15) is 0 Å². The number of nitrogens with zero attached hydrogens (tertiary/aromatic N) is 1. The van der Waals surface area contributed by atoms with Crippen LogP contribution >= 0.6 is 0 Å². The van der Waals surface area contributed by atoms with E-state index in [-0.39, 0.29) is 18.1 Å². The number of hydrogen-bond donors (Lipinski definition) is 1. The highest BCUT2D eigenvalue weighted by Crippen LogP contribution is 2.31. The van der Waals surface area contributed by atoms with Crippen LogP contribution in [0.5, 0.6) is 11.5 Å². The number of methoxy groups -OCH3 is 1. The largest absolute Gasteiger partial charge is 0.493 e. The molecular formula is C23H28N2O4. The van der Waals surface area contributed by atoms with Crippen LogP contribution in [0.1, 0.15) is 50.5 Å². The van der Waals surface area contributed by atoms with E-state index in [0.717, 1.165) is 11.1 Å². The normalized spacial score (nSPS) is 16.7. The number of rotatable bonds is 8. The molecule has 2 aromatic rings. The zero-order valence-electron chi connectivity index (χ0n) is 17.3. The van der Waals surface area contributed by atoms with E-state index in [9.17, 15) is 4.79 Å². The molecule has 154 valence electrons. The molecule has 0 aliphatic carbocycles. The summed E-state index contributed by atoms with van der Waals surface area (Å²) in [7, 11) is 1.61. The van der Waals surface area contributed by atoms with Crippen LogP contribution in [0, 0.1) is 5.92 Å². The molecule has 6 heteroatoms. The maximum Gasteiger partial charge on any atom is 0.269 e. The fourth-order valence-electron chi connectivity index (χ4n) is 3.05. The van der Waals surface area contributed by atoms with Gasteiger partial charge < -0.3 is 19.6 Å². The topological polar surface area (TPSA) is 69.2 Å². The van der Waals surface area contributed by atoms with E-state index >= 15 is 0 Å². The summed E-state index contributed by atoms with van der Waals surface area (Å²) < 4.78 is 11.2. The number of nitrogens with one attached hydrogen (secondary N) is 1. The van der Waals surface area contributed by atoms with E-state index in [0.29, 0.717) is 36.2 Å². The Morgan fingerprint density at radius 2 is 1.93 bits per heavy atom. The summed E-state index contributed by atoms with van der Waals surface area (Å²) in [6.45, 7) is 6.73. The standard InChI is InChI=1S/C23H28N2O4/c1-15(2)14-28-20-11-10-18(12-22(20)27-4)16(3)24-23(26)19-13-21(29-25-19)17-8-6-5-7-9-17/h5-12,15-16,21H,13-14H2,1-4H3,(H,24,26). The quantitative estimate of drug-likeness (QED) is 0.717. The Bertz CT molecular complexity index is 864. The van der Waals surface area contributed by atoms with Gasteiger partial charge in [0, 0.05) is 6.42 Å². The molecule has 1 amide bonds. The van der Waals surface area contributed by atoms with E-state index in [1.165, 1.54) is 0 Å². The van der Waals surface area contributed by atoms with Gasteiger partial charge in [-0.1, -0.05) is 55.4 Å². The van der Waals surface area contributed by atoms with E-state index in [4.69, 9.17) is 14.3 Å². The smallest absolute Gasteiger partial charge is 0.269 e. The summed E-state index contributed by atoms with van der Waals surface area (Å²) in [6, 6.07) is 15.3. The van der Waals surface area contributed by atoms with Crippen LogP contribution in [0.15, 0.2) is 53.7 Å². The van der Waals surface area contributed by atoms with Gasteiger partial charge in [-0.25, -0.2) is 0 Å². The molecule has 0 aromatic heterocycles. The Morgan fingerprint density at radius 3 is 2.62 bits per heavy atom. The Labute approximate surface area is 171 Å². The van der Waals surface area contributed by atoms with E-state index in [1.54, 1.807) is 7.11 Å². The van der Waals surface area contributed by atoms with Crippen molar-refractivity contribution in [3.05, 3.63) is 59.7 Å². The lowest BCUT2D eigenvalue weighted by molar-refractivity contribution is -0.115. The molecule has 1 heterocycles. The van der Waals surface area contributed by atoms with Crippen LogP contribution in [0.4, 0.5) is 0 Å². The Morgan fingerprint density at radius 1 is 1.17 bits per heavy atom. The third-order valence-corrected chi connectivity index (χ3v) is 4.71. The van der Waals surface area contributed by atoms with Crippen molar-refractivity contribution in [1.82, 2.24) is 5.32 Å². The summed E-state index contributed by atoms with van der Waals surface area (Å²) in [5, 5.41) is 6.97. The Hall–Kier alpha value is -3.02. The first-order chi connectivity index (χ1) is 14.0. The number of benzene rings is 2. The lowest BCUT2D eigenvalue weighted by Crippen LogP contribution is -2.32. The molecule has 2 aromatic carbocycles. The SMILES string of the molecule is COc1cc(C(C)NC(=O)C2=NOC(c3ccccc3)C2)ccc1OCC(C)C. The van der Waals surface area contributed by atoms with Gasteiger partial charge >= 0.3 is 0 Å². The second-order valence-corrected chi connectivity index (χ2v) is 7.56. The lowest BCUT2D eigenvalue weighted by Gasteiger charge is -2.17. The van der Waals surface area contributed by atoms with Crippen molar-refractivity contribution in [1.29, 1.82) is 0 Å². The van der Waals surface area contributed by atoms with Crippen molar-refractivity contribution < 1.29 is 19.1 Å². The van der Waals surface area contributed by atoms with Crippen LogP contribution in [0.3, 0.4) is 0 Å². The van der Waals surface area contributed by atoms with Crippen molar-refractivity contribution in [3.8, 4) is 11.5 Å². The number of carbonyl (C=O) groups is 1. The minimum Gasteiger partial charge on any atom is -0.493 e. The first-order valence-electron chi connectivity index (χ1n) is 9.87. The molecule has 1 aliphatic heterocycles. The van der Waals surface area contributed by atoms with Crippen LogP contribution in [-0.2, 0) is 9.63 Å². The van der Waals surface area contributed by atoms with Crippen molar-refractivity contribution in [3.63, 3.8) is 0 Å². The van der Waals surface area contributed by atoms with Crippen molar-refractivity contribution in [2.45, 2.75) is 39.3 Å². The predicted octanol–water partition coefficient (Wildman–Crippen LogP) is 4.42. The molecular weight excluding hydrogens is 368 g/mol. The molecule has 3 rings (SSSR count). The molecule has 2 unspecified atom stereocenters. The molecule has 6 nitrogen and oxygen atoms in total. The fourth-order valence-corrected chi connectivity index (χ4v) is 3.05. The molecule has 1 N–H and O–H groups in total. The Kier molecular flexibility index (Phi) is 6.75. The number of hydrogen-bond acceptors (Lipinski definition) is 5. The van der Waals surface area contributed by atoms with E-state index < -0.39 is 0 Å². The molecule has 0 spiro atoms. The number of oxime groups is 1. The summed E-state index contributed by atoms with van der Waals surface area (Å²) in [4.78, 5) is 18.1. The second-order valence-electron chi connectivity index (χ2n) is 7.56. The van der Waals surface area contributed by atoms with E-state index in [2.05, 4.69) is 24.3 Å². The molecule has 2 atom stereocenters. The molecule has 0 saturated heterocycles. The Balaban J connectivity index is 1.61. The van der Waals surface area contributed by atoms with Gasteiger partial charge in [0.25, 0.3) is 5.91 Å². The summed E-state index contributed by atoms with van der Waals surface area (Å²) in [6.07, 6.45) is 0.234. The minimum atomic E-state index is -0.227. The monoisotopic (exact) mass is 396 g/mol. The van der Waals surface area contributed by atoms with Crippen molar-refractivity contribution in [2.24, 2.45) is 11.1 Å². The molecule has 29 heavy (non-hydrogen) atoms. The highest BCUT2D eigenvalue weighted by molar-refractivity contribution is 6.39. The van der Waals surface area contributed by atoms with Crippen molar-refractivity contribution >= 4 is 11.6 Å². The molecule has 0 saturated carbocycles. The predicted molar refractivity (Wildman–Crippen MR) is 112 cm³/mol. The highest BCUT2D eigenvalue weighted by Gasteiger charge is 2.28. The van der Waals surface area contributed by atoms with Gasteiger partial charge in [-0.3, -0.25) is 4.79 Å². The van der Waals surface area contributed by atoms with Crippen molar-refractivity contribution in [2.75, 3.05) is 13.7 Å². The molecule has 0 radical (unpaired) electrons. The van der Waals surface area contributed by atoms with Gasteiger partial charge in [0.05, 0.1) is 19.8 Å². The van der Waals surface area contributed by atoms with Gasteiger partial charge in [0.2, 0.25) is 0 Å². The lowest BCUT2D eigenvalue weighted by atomic mass is 10.0. The third kappa shape index (κ3) is 5.28. The zero-order chi connectivity index (χ0) is 20.8. The first kappa shape index (κ1) is 20.7. The summed E-state index contributed by atoms with van der Waals surface area (Å²) in [5.74, 6) is 1.54. The maximum atomic E-state index is 12.6. The fraction of sp³-hybridized carbons (Fsp3) is 0.391. The van der Waals surface area contributed by atoms with Crippen LogP contribution in [-0.4, -0.2) is 25.3 Å². The molecule has 0 bridgehead atoms. The number of ether oxygens (including phenoxy) is 2. The molecule has 0 fully saturated rings. The summed E-state index contributed by atoms with van der Waals surface area (Å²) in [5.41, 5.74) is 2.33. The van der Waals surface area contributed by atoms with Crippen LogP contribution in [0.25, 0.3) is 0 Å². The summed E-state index contributed by atoms with van der Waals surface area (Å²) >= 11 is 0. The average molecular weight is 396 g/mol. The van der Waals surface area contributed by atoms with Gasteiger partial charge in [-0.15, -0.1) is 0 Å². The van der Waals surface area contributed by atoms with Gasteiger partial charge in [0.15, 0.2) is 17.6 Å². The maximum absolute atomic E-state index is 12.6. The first-order valence-corrected chi connectivity index (χ1v) is 9.87. The zero-order valence-corrected chi connectivity index (χ0v) is 17.3. The number of carbonyl (C=O) groups excluding carboxylic acids is 1. The number of amides is 1. The van der Waals surface area contributed by atoms with Gasteiger partial charge in [0.1, 0.15) is 5.71 Å². The highest BCUT2D eigenvalue weighted by atomic mass is 16.6. The van der Waals surface area contributed by atoms with Crippen LogP contribution < -0.4 is 14.8 Å². The minimum absolute atomic E-state index is 0.214. The second kappa shape index (κ2) is 9.45. The van der Waals surface area contributed by atoms with E-state index in [1.807, 2.05) is 55.5 Å².